The predicted molar refractivity (Wildman–Crippen MR) is 74.7 cm³/mol. The first-order valence-corrected chi connectivity index (χ1v) is 6.80. The number of methoxy groups -OCH3 is 1. The Hall–Kier alpha value is -1.59. The number of hydrogen-bond acceptors (Lipinski definition) is 5. The molecule has 5 nitrogen and oxygen atoms in total. The van der Waals surface area contributed by atoms with E-state index in [-0.39, 0.29) is 12.0 Å². The van der Waals surface area contributed by atoms with E-state index in [1.54, 1.807) is 0 Å². The number of para-hydroxylation sites is 1. The summed E-state index contributed by atoms with van der Waals surface area (Å²) in [6, 6.07) is 7.44. The number of aliphatic hydroxyl groups excluding tert-OH is 1. The van der Waals surface area contributed by atoms with Gasteiger partial charge in [-0.2, -0.15) is 0 Å². The SMILES string of the molecule is COC(=O)C1CC(O)CN1CCOc1ccccc1C. The Morgan fingerprint density at radius 1 is 1.45 bits per heavy atom. The standard InChI is InChI=1S/C15H21NO4/c1-11-5-3-4-6-14(11)20-8-7-16-10-12(17)9-13(16)15(18)19-2/h3-6,12-13,17H,7-10H2,1-2H3. The van der Waals surface area contributed by atoms with Crippen LogP contribution in [-0.4, -0.2) is 54.9 Å². The fraction of sp³-hybridized carbons (Fsp3) is 0.533. The minimum atomic E-state index is -0.474. The van der Waals surface area contributed by atoms with Crippen LogP contribution in [0.15, 0.2) is 24.3 Å². The molecule has 0 aromatic heterocycles. The molecule has 1 aromatic rings. The minimum absolute atomic E-state index is 0.294. The molecule has 2 rings (SSSR count). The van der Waals surface area contributed by atoms with E-state index in [1.807, 2.05) is 36.1 Å². The molecule has 1 fully saturated rings. The first-order chi connectivity index (χ1) is 9.61. The van der Waals surface area contributed by atoms with Crippen molar-refractivity contribution in [2.75, 3.05) is 26.8 Å². The molecule has 0 amide bonds. The molecule has 1 aliphatic rings. The van der Waals surface area contributed by atoms with Gasteiger partial charge in [0, 0.05) is 19.5 Å². The summed E-state index contributed by atoms with van der Waals surface area (Å²) in [5.41, 5.74) is 1.08. The van der Waals surface area contributed by atoms with Crippen LogP contribution in [0.3, 0.4) is 0 Å². The third kappa shape index (κ3) is 3.49. The minimum Gasteiger partial charge on any atom is -0.492 e. The van der Waals surface area contributed by atoms with Gasteiger partial charge < -0.3 is 14.6 Å². The van der Waals surface area contributed by atoms with Gasteiger partial charge in [0.25, 0.3) is 0 Å². The number of benzene rings is 1. The molecule has 20 heavy (non-hydrogen) atoms. The first-order valence-electron chi connectivity index (χ1n) is 6.80. The maximum atomic E-state index is 11.6. The smallest absolute Gasteiger partial charge is 0.323 e. The highest BCUT2D eigenvalue weighted by atomic mass is 16.5. The third-order valence-corrected chi connectivity index (χ3v) is 3.58. The van der Waals surface area contributed by atoms with Crippen molar-refractivity contribution in [3.8, 4) is 5.75 Å². The van der Waals surface area contributed by atoms with E-state index in [1.165, 1.54) is 7.11 Å². The Morgan fingerprint density at radius 3 is 2.90 bits per heavy atom. The molecule has 0 bridgehead atoms. The van der Waals surface area contributed by atoms with Crippen molar-refractivity contribution < 1.29 is 19.4 Å². The summed E-state index contributed by atoms with van der Waals surface area (Å²) in [6.45, 7) is 3.54. The van der Waals surface area contributed by atoms with Gasteiger partial charge in [0.05, 0.1) is 13.2 Å². The van der Waals surface area contributed by atoms with Gasteiger partial charge in [0.15, 0.2) is 0 Å². The van der Waals surface area contributed by atoms with E-state index in [0.29, 0.717) is 26.1 Å². The van der Waals surface area contributed by atoms with Crippen LogP contribution in [0.4, 0.5) is 0 Å². The number of ether oxygens (including phenoxy) is 2. The van der Waals surface area contributed by atoms with E-state index in [0.717, 1.165) is 11.3 Å². The van der Waals surface area contributed by atoms with Crippen molar-refractivity contribution in [2.24, 2.45) is 0 Å². The molecule has 5 heteroatoms. The van der Waals surface area contributed by atoms with E-state index < -0.39 is 6.10 Å². The van der Waals surface area contributed by atoms with Crippen LogP contribution in [0.25, 0.3) is 0 Å². The largest absolute Gasteiger partial charge is 0.492 e. The van der Waals surface area contributed by atoms with E-state index >= 15 is 0 Å². The summed E-state index contributed by atoms with van der Waals surface area (Å²) < 4.78 is 10.5. The fourth-order valence-electron chi connectivity index (χ4n) is 2.50. The average molecular weight is 279 g/mol. The molecule has 1 heterocycles. The van der Waals surface area contributed by atoms with Crippen molar-refractivity contribution in [3.63, 3.8) is 0 Å². The van der Waals surface area contributed by atoms with Crippen LogP contribution in [0.1, 0.15) is 12.0 Å². The van der Waals surface area contributed by atoms with Gasteiger partial charge in [-0.05, 0) is 18.6 Å². The zero-order valence-corrected chi connectivity index (χ0v) is 11.9. The van der Waals surface area contributed by atoms with Crippen molar-refractivity contribution in [3.05, 3.63) is 29.8 Å². The molecule has 2 unspecified atom stereocenters. The molecule has 0 saturated carbocycles. The molecule has 0 spiro atoms. The number of β-amino-alcohol motifs (C(OH)–C–C–N with tert-alkyl or cyclic N) is 1. The highest BCUT2D eigenvalue weighted by Crippen LogP contribution is 2.20. The molecule has 0 radical (unpaired) electrons. The Balaban J connectivity index is 1.87. The number of hydrogen-bond donors (Lipinski definition) is 1. The van der Waals surface area contributed by atoms with Gasteiger partial charge in [-0.1, -0.05) is 18.2 Å². The van der Waals surface area contributed by atoms with Gasteiger partial charge in [-0.25, -0.2) is 0 Å². The lowest BCUT2D eigenvalue weighted by molar-refractivity contribution is -0.146. The maximum Gasteiger partial charge on any atom is 0.323 e. The summed E-state index contributed by atoms with van der Waals surface area (Å²) in [7, 11) is 1.37. The van der Waals surface area contributed by atoms with Crippen molar-refractivity contribution in [1.29, 1.82) is 0 Å². The number of aryl methyl sites for hydroxylation is 1. The van der Waals surface area contributed by atoms with Crippen LogP contribution in [-0.2, 0) is 9.53 Å². The monoisotopic (exact) mass is 279 g/mol. The summed E-state index contributed by atoms with van der Waals surface area (Å²) in [5.74, 6) is 0.555. The van der Waals surface area contributed by atoms with Crippen molar-refractivity contribution in [1.82, 2.24) is 4.90 Å². The zero-order chi connectivity index (χ0) is 14.5. The molecule has 1 aromatic carbocycles. The summed E-state index contributed by atoms with van der Waals surface area (Å²) in [5, 5.41) is 9.68. The topological polar surface area (TPSA) is 59.0 Å². The number of carbonyl (C=O) groups is 1. The van der Waals surface area contributed by atoms with Crippen LogP contribution in [0.5, 0.6) is 5.75 Å². The molecule has 1 N–H and O–H groups in total. The lowest BCUT2D eigenvalue weighted by atomic mass is 10.2. The second-order valence-electron chi connectivity index (χ2n) is 5.04. The normalized spacial score (nSPS) is 22.8. The number of nitrogens with zero attached hydrogens (tertiary/aromatic N) is 1. The van der Waals surface area contributed by atoms with E-state index in [4.69, 9.17) is 9.47 Å². The third-order valence-electron chi connectivity index (χ3n) is 3.58. The summed E-state index contributed by atoms with van der Waals surface area (Å²) in [6.07, 6.45) is -0.0469. The second kappa shape index (κ2) is 6.72. The average Bonchev–Trinajstić information content (AvgIpc) is 2.81. The van der Waals surface area contributed by atoms with Crippen LogP contribution < -0.4 is 4.74 Å². The maximum absolute atomic E-state index is 11.6. The number of esters is 1. The Labute approximate surface area is 119 Å². The van der Waals surface area contributed by atoms with Crippen LogP contribution in [0.2, 0.25) is 0 Å². The summed E-state index contributed by atoms with van der Waals surface area (Å²) >= 11 is 0. The van der Waals surface area contributed by atoms with Gasteiger partial charge in [-0.15, -0.1) is 0 Å². The van der Waals surface area contributed by atoms with E-state index in [2.05, 4.69) is 0 Å². The quantitative estimate of drug-likeness (QED) is 0.814. The fourth-order valence-corrected chi connectivity index (χ4v) is 2.50. The Kier molecular flexibility index (Phi) is 4.98. The zero-order valence-electron chi connectivity index (χ0n) is 11.9. The van der Waals surface area contributed by atoms with Crippen molar-refractivity contribution >= 4 is 5.97 Å². The number of aliphatic hydroxyl groups is 1. The van der Waals surface area contributed by atoms with Gasteiger partial charge in [0.2, 0.25) is 0 Å². The van der Waals surface area contributed by atoms with Gasteiger partial charge in [0.1, 0.15) is 18.4 Å². The van der Waals surface area contributed by atoms with Crippen LogP contribution >= 0.6 is 0 Å². The lowest BCUT2D eigenvalue weighted by Crippen LogP contribution is -2.39. The van der Waals surface area contributed by atoms with Gasteiger partial charge in [-0.3, -0.25) is 9.69 Å². The highest BCUT2D eigenvalue weighted by Gasteiger charge is 2.36. The van der Waals surface area contributed by atoms with E-state index in [9.17, 15) is 9.90 Å². The number of rotatable bonds is 5. The Morgan fingerprint density at radius 2 is 2.20 bits per heavy atom. The number of likely N-dealkylation sites (tertiary alicyclic amines) is 1. The first kappa shape index (κ1) is 14.8. The molecular weight excluding hydrogens is 258 g/mol. The molecule has 1 aliphatic heterocycles. The van der Waals surface area contributed by atoms with Gasteiger partial charge >= 0.3 is 5.97 Å². The van der Waals surface area contributed by atoms with Crippen LogP contribution in [0, 0.1) is 6.92 Å². The Bertz CT molecular complexity index is 463. The summed E-state index contributed by atoms with van der Waals surface area (Å²) in [4.78, 5) is 13.6. The predicted octanol–water partition coefficient (Wildman–Crippen LogP) is 0.982. The van der Waals surface area contributed by atoms with Crippen molar-refractivity contribution in [2.45, 2.75) is 25.5 Å². The highest BCUT2D eigenvalue weighted by molar-refractivity contribution is 5.76. The molecule has 2 atom stereocenters. The molecular formula is C15H21NO4. The molecule has 0 aliphatic carbocycles. The number of carbonyl (C=O) groups excluding carboxylic acids is 1. The second-order valence-corrected chi connectivity index (χ2v) is 5.04. The molecule has 110 valence electrons. The molecule has 1 saturated heterocycles. The lowest BCUT2D eigenvalue weighted by Gasteiger charge is -2.22.